The summed E-state index contributed by atoms with van der Waals surface area (Å²) < 4.78 is 32.3. The summed E-state index contributed by atoms with van der Waals surface area (Å²) in [7, 11) is 0. The van der Waals surface area contributed by atoms with E-state index in [1.165, 1.54) is 6.20 Å². The Bertz CT molecular complexity index is 676. The van der Waals surface area contributed by atoms with Gasteiger partial charge >= 0.3 is 0 Å². The van der Waals surface area contributed by atoms with Crippen LogP contribution in [0.4, 0.5) is 8.78 Å². The normalized spacial score (nSPS) is 20.3. The van der Waals surface area contributed by atoms with Gasteiger partial charge in [-0.2, -0.15) is 4.98 Å². The van der Waals surface area contributed by atoms with E-state index in [1.807, 2.05) is 0 Å². The number of aromatic nitrogens is 3. The highest BCUT2D eigenvalue weighted by Crippen LogP contribution is 2.40. The summed E-state index contributed by atoms with van der Waals surface area (Å²) in [4.78, 5) is 20.8. The molecule has 2 N–H and O–H groups in total. The number of nitrogens with zero attached hydrogens (tertiary/aromatic N) is 4. The number of amides is 1. The molecule has 9 heteroatoms. The zero-order chi connectivity index (χ0) is 15.7. The van der Waals surface area contributed by atoms with E-state index < -0.39 is 30.8 Å². The van der Waals surface area contributed by atoms with Crippen molar-refractivity contribution in [1.82, 2.24) is 20.0 Å². The summed E-state index contributed by atoms with van der Waals surface area (Å²) in [6.45, 7) is -1.05. The second kappa shape index (κ2) is 5.41. The minimum atomic E-state index is -3.00. The van der Waals surface area contributed by atoms with E-state index in [-0.39, 0.29) is 18.3 Å². The van der Waals surface area contributed by atoms with Crippen LogP contribution in [0.25, 0.3) is 11.4 Å². The summed E-state index contributed by atoms with van der Waals surface area (Å²) in [5, 5.41) is 3.76. The van der Waals surface area contributed by atoms with Crippen LogP contribution in [0.1, 0.15) is 18.4 Å². The maximum Gasteiger partial charge on any atom is 0.267 e. The molecule has 3 rings (SSSR count). The number of carbonyl (C=O) groups excluding carboxylic acids is 1. The maximum atomic E-state index is 13.6. The van der Waals surface area contributed by atoms with Crippen molar-refractivity contribution in [2.75, 3.05) is 13.1 Å². The molecule has 7 nitrogen and oxygen atoms in total. The molecule has 1 fully saturated rings. The number of alkyl halides is 2. The third-order valence-corrected chi connectivity index (χ3v) is 3.41. The van der Waals surface area contributed by atoms with E-state index in [0.717, 1.165) is 4.90 Å². The first-order valence-electron chi connectivity index (χ1n) is 6.61. The Morgan fingerprint density at radius 2 is 2.36 bits per heavy atom. The van der Waals surface area contributed by atoms with Gasteiger partial charge in [-0.15, -0.1) is 0 Å². The van der Waals surface area contributed by atoms with Crippen LogP contribution in [0, 0.1) is 0 Å². The van der Waals surface area contributed by atoms with Gasteiger partial charge in [-0.3, -0.25) is 9.78 Å². The number of hydrogen-bond donors (Lipinski definition) is 1. The summed E-state index contributed by atoms with van der Waals surface area (Å²) in [5.74, 6) is -3.38. The van der Waals surface area contributed by atoms with Gasteiger partial charge in [0.15, 0.2) is 0 Å². The molecule has 2 aromatic rings. The molecule has 0 aliphatic carbocycles. The van der Waals surface area contributed by atoms with Gasteiger partial charge in [0.2, 0.25) is 17.6 Å². The van der Waals surface area contributed by atoms with Crippen LogP contribution in [-0.2, 0) is 4.79 Å². The predicted octanol–water partition coefficient (Wildman–Crippen LogP) is 0.999. The predicted molar refractivity (Wildman–Crippen MR) is 70.6 cm³/mol. The average Bonchev–Trinajstić information content (AvgIpc) is 3.11. The topological polar surface area (TPSA) is 98.1 Å². The van der Waals surface area contributed by atoms with Crippen molar-refractivity contribution in [3.05, 3.63) is 30.4 Å². The zero-order valence-corrected chi connectivity index (χ0v) is 11.4. The number of pyridine rings is 1. The molecule has 1 aliphatic rings. The fourth-order valence-corrected chi connectivity index (χ4v) is 2.40. The lowest BCUT2D eigenvalue weighted by Crippen LogP contribution is -2.37. The molecular formula is C13H13F2N5O2. The van der Waals surface area contributed by atoms with Gasteiger partial charge in [0, 0.05) is 24.4 Å². The lowest BCUT2D eigenvalue weighted by molar-refractivity contribution is -0.132. The summed E-state index contributed by atoms with van der Waals surface area (Å²) in [5.41, 5.74) is 5.86. The quantitative estimate of drug-likeness (QED) is 0.908. The van der Waals surface area contributed by atoms with Crippen LogP contribution < -0.4 is 5.73 Å². The fourth-order valence-electron chi connectivity index (χ4n) is 2.40. The molecule has 116 valence electrons. The molecule has 0 unspecified atom stereocenters. The minimum absolute atomic E-state index is 0.0298. The standard InChI is InChI=1S/C13H13F2N5O2/c14-13(15)4-9(20(7-13)10(21)5-16)12-18-11(19-22-12)8-2-1-3-17-6-8/h1-3,6,9H,4-5,7,16H2/t9-/m0/s1. The lowest BCUT2D eigenvalue weighted by atomic mass is 10.2. The first-order chi connectivity index (χ1) is 10.5. The van der Waals surface area contributed by atoms with Crippen molar-refractivity contribution in [2.24, 2.45) is 5.73 Å². The van der Waals surface area contributed by atoms with Gasteiger partial charge in [0.25, 0.3) is 5.92 Å². The smallest absolute Gasteiger partial charge is 0.267 e. The van der Waals surface area contributed by atoms with E-state index in [2.05, 4.69) is 15.1 Å². The highest BCUT2D eigenvalue weighted by atomic mass is 19.3. The SMILES string of the molecule is NCC(=O)N1CC(F)(F)C[C@H]1c1nc(-c2cccnc2)no1. The van der Waals surface area contributed by atoms with Crippen LogP contribution in [0.15, 0.2) is 29.0 Å². The number of nitrogens with two attached hydrogens (primary N) is 1. The Morgan fingerprint density at radius 1 is 1.55 bits per heavy atom. The van der Waals surface area contributed by atoms with Gasteiger partial charge in [-0.25, -0.2) is 8.78 Å². The molecule has 2 aromatic heterocycles. The Morgan fingerprint density at radius 3 is 3.05 bits per heavy atom. The van der Waals surface area contributed by atoms with Gasteiger partial charge in [0.1, 0.15) is 6.04 Å². The van der Waals surface area contributed by atoms with E-state index in [9.17, 15) is 13.6 Å². The molecule has 1 aliphatic heterocycles. The number of hydrogen-bond acceptors (Lipinski definition) is 6. The van der Waals surface area contributed by atoms with Crippen molar-refractivity contribution >= 4 is 5.91 Å². The molecule has 1 atom stereocenters. The van der Waals surface area contributed by atoms with Gasteiger partial charge in [-0.05, 0) is 12.1 Å². The van der Waals surface area contributed by atoms with Crippen LogP contribution >= 0.6 is 0 Å². The van der Waals surface area contributed by atoms with E-state index in [4.69, 9.17) is 10.3 Å². The monoisotopic (exact) mass is 309 g/mol. The van der Waals surface area contributed by atoms with Crippen molar-refractivity contribution in [3.8, 4) is 11.4 Å². The molecule has 0 saturated carbocycles. The molecule has 0 spiro atoms. The van der Waals surface area contributed by atoms with E-state index in [1.54, 1.807) is 18.3 Å². The molecule has 1 saturated heterocycles. The molecular weight excluding hydrogens is 296 g/mol. The van der Waals surface area contributed by atoms with E-state index in [0.29, 0.717) is 5.56 Å². The Hall–Kier alpha value is -2.42. The Kier molecular flexibility index (Phi) is 3.57. The summed E-state index contributed by atoms with van der Waals surface area (Å²) >= 11 is 0. The Balaban J connectivity index is 1.90. The maximum absolute atomic E-state index is 13.6. The summed E-state index contributed by atoms with van der Waals surface area (Å²) in [6, 6.07) is 2.44. The largest absolute Gasteiger partial charge is 0.337 e. The van der Waals surface area contributed by atoms with Gasteiger partial charge in [-0.1, -0.05) is 5.16 Å². The molecule has 0 aromatic carbocycles. The molecule has 22 heavy (non-hydrogen) atoms. The zero-order valence-electron chi connectivity index (χ0n) is 11.4. The van der Waals surface area contributed by atoms with Gasteiger partial charge < -0.3 is 15.2 Å². The summed E-state index contributed by atoms with van der Waals surface area (Å²) in [6.07, 6.45) is 2.55. The average molecular weight is 309 g/mol. The molecule has 3 heterocycles. The van der Waals surface area contributed by atoms with Crippen LogP contribution in [0.5, 0.6) is 0 Å². The molecule has 0 bridgehead atoms. The first kappa shape index (κ1) is 14.5. The third-order valence-electron chi connectivity index (χ3n) is 3.41. The first-order valence-corrected chi connectivity index (χ1v) is 6.61. The Labute approximate surface area is 124 Å². The molecule has 0 radical (unpaired) electrons. The number of likely N-dealkylation sites (tertiary alicyclic amines) is 1. The number of carbonyl (C=O) groups is 1. The van der Waals surface area contributed by atoms with Crippen LogP contribution in [0.3, 0.4) is 0 Å². The van der Waals surface area contributed by atoms with Crippen molar-refractivity contribution in [1.29, 1.82) is 0 Å². The highest BCUT2D eigenvalue weighted by Gasteiger charge is 2.49. The number of halogens is 2. The lowest BCUT2D eigenvalue weighted by Gasteiger charge is -2.20. The van der Waals surface area contributed by atoms with Crippen molar-refractivity contribution in [3.63, 3.8) is 0 Å². The fraction of sp³-hybridized carbons (Fsp3) is 0.385. The van der Waals surface area contributed by atoms with Crippen LogP contribution in [-0.4, -0.2) is 44.9 Å². The van der Waals surface area contributed by atoms with Gasteiger partial charge in [0.05, 0.1) is 13.1 Å². The highest BCUT2D eigenvalue weighted by molar-refractivity contribution is 5.78. The van der Waals surface area contributed by atoms with Crippen molar-refractivity contribution < 1.29 is 18.1 Å². The second-order valence-corrected chi connectivity index (χ2v) is 5.00. The van der Waals surface area contributed by atoms with Crippen molar-refractivity contribution in [2.45, 2.75) is 18.4 Å². The number of rotatable bonds is 3. The van der Waals surface area contributed by atoms with E-state index >= 15 is 0 Å². The third kappa shape index (κ3) is 2.67. The molecule has 1 amide bonds. The van der Waals surface area contributed by atoms with Crippen LogP contribution in [0.2, 0.25) is 0 Å². The second-order valence-electron chi connectivity index (χ2n) is 5.00. The minimum Gasteiger partial charge on any atom is -0.337 e.